The van der Waals surface area contributed by atoms with Gasteiger partial charge in [0, 0.05) is 6.92 Å². The second-order valence-electron chi connectivity index (χ2n) is 4.68. The molecule has 5 heteroatoms. The fraction of sp³-hybridized carbons (Fsp3) is 0.769. The zero-order chi connectivity index (χ0) is 13.6. The molecule has 0 unspecified atom stereocenters. The normalized spacial score (nSPS) is 18.6. The molecule has 102 valence electrons. The third-order valence-corrected chi connectivity index (χ3v) is 3.29. The first kappa shape index (κ1) is 14.7. The molecule has 1 saturated carbocycles. The van der Waals surface area contributed by atoms with E-state index in [0.29, 0.717) is 12.8 Å². The molecular formula is C13H20O5. The number of methoxy groups -OCH3 is 1. The van der Waals surface area contributed by atoms with Gasteiger partial charge in [0.15, 0.2) is 11.4 Å². The van der Waals surface area contributed by atoms with E-state index in [-0.39, 0.29) is 12.2 Å². The molecule has 0 aliphatic heterocycles. The van der Waals surface area contributed by atoms with Crippen molar-refractivity contribution in [2.45, 2.75) is 57.5 Å². The van der Waals surface area contributed by atoms with Gasteiger partial charge in [0.1, 0.15) is 6.42 Å². The predicted octanol–water partition coefficient (Wildman–Crippen LogP) is 1.77. The Morgan fingerprint density at radius 2 is 1.61 bits per heavy atom. The van der Waals surface area contributed by atoms with Crippen LogP contribution in [0.1, 0.15) is 51.9 Å². The minimum atomic E-state index is -1.11. The van der Waals surface area contributed by atoms with E-state index in [4.69, 9.17) is 4.74 Å². The number of hydrogen-bond acceptors (Lipinski definition) is 5. The van der Waals surface area contributed by atoms with E-state index >= 15 is 0 Å². The summed E-state index contributed by atoms with van der Waals surface area (Å²) >= 11 is 0. The highest BCUT2D eigenvalue weighted by Crippen LogP contribution is 2.32. The highest BCUT2D eigenvalue weighted by Gasteiger charge is 2.42. The lowest BCUT2D eigenvalue weighted by molar-refractivity contribution is -0.169. The van der Waals surface area contributed by atoms with E-state index in [1.54, 1.807) is 0 Å². The van der Waals surface area contributed by atoms with Crippen LogP contribution in [0, 0.1) is 0 Å². The summed E-state index contributed by atoms with van der Waals surface area (Å²) in [5.41, 5.74) is -1.11. The Hall–Kier alpha value is -1.39. The van der Waals surface area contributed by atoms with Crippen molar-refractivity contribution in [3.63, 3.8) is 0 Å². The van der Waals surface area contributed by atoms with Gasteiger partial charge < -0.3 is 9.47 Å². The fourth-order valence-electron chi connectivity index (χ4n) is 2.38. The average Bonchev–Trinajstić information content (AvgIpc) is 2.54. The quantitative estimate of drug-likeness (QED) is 0.435. The first-order chi connectivity index (χ1) is 8.50. The van der Waals surface area contributed by atoms with Crippen LogP contribution >= 0.6 is 0 Å². The van der Waals surface area contributed by atoms with Gasteiger partial charge in [0.25, 0.3) is 0 Å². The molecule has 0 spiro atoms. The Balaban J connectivity index is 2.84. The topological polar surface area (TPSA) is 69.7 Å². The van der Waals surface area contributed by atoms with Gasteiger partial charge in [0.05, 0.1) is 7.11 Å². The standard InChI is InChI=1S/C13H20O5/c1-10(14)18-13(7-5-3-4-6-8-13)11(15)9-12(16)17-2/h3-9H2,1-2H3. The summed E-state index contributed by atoms with van der Waals surface area (Å²) in [6.45, 7) is 1.29. The average molecular weight is 256 g/mol. The van der Waals surface area contributed by atoms with Gasteiger partial charge in [-0.05, 0) is 25.7 Å². The minimum absolute atomic E-state index is 0.330. The van der Waals surface area contributed by atoms with Crippen molar-refractivity contribution in [1.29, 1.82) is 0 Å². The minimum Gasteiger partial charge on any atom is -0.469 e. The molecule has 0 aromatic heterocycles. The van der Waals surface area contributed by atoms with E-state index in [1.165, 1.54) is 14.0 Å². The van der Waals surface area contributed by atoms with Crippen molar-refractivity contribution in [3.05, 3.63) is 0 Å². The van der Waals surface area contributed by atoms with Gasteiger partial charge in [-0.2, -0.15) is 0 Å². The Bertz CT molecular complexity index is 326. The van der Waals surface area contributed by atoms with Crippen LogP contribution in [0.4, 0.5) is 0 Å². The molecule has 0 heterocycles. The number of carbonyl (C=O) groups is 3. The molecule has 1 aliphatic carbocycles. The highest BCUT2D eigenvalue weighted by molar-refractivity contribution is 6.01. The number of hydrogen-bond donors (Lipinski definition) is 0. The van der Waals surface area contributed by atoms with Crippen molar-refractivity contribution in [1.82, 2.24) is 0 Å². The number of carbonyl (C=O) groups excluding carboxylic acids is 3. The molecule has 0 saturated heterocycles. The number of Topliss-reactive ketones (excluding diaryl/α,β-unsaturated/α-hetero) is 1. The van der Waals surface area contributed by atoms with Crippen molar-refractivity contribution in [2.24, 2.45) is 0 Å². The second-order valence-corrected chi connectivity index (χ2v) is 4.68. The molecule has 0 N–H and O–H groups in total. The molecule has 1 aliphatic rings. The summed E-state index contributed by atoms with van der Waals surface area (Å²) in [4.78, 5) is 34.6. The van der Waals surface area contributed by atoms with E-state index < -0.39 is 17.5 Å². The molecule has 0 aromatic carbocycles. The van der Waals surface area contributed by atoms with Gasteiger partial charge in [-0.3, -0.25) is 14.4 Å². The third-order valence-electron chi connectivity index (χ3n) is 3.29. The summed E-state index contributed by atoms with van der Waals surface area (Å²) in [6, 6.07) is 0. The molecule has 18 heavy (non-hydrogen) atoms. The summed E-state index contributed by atoms with van der Waals surface area (Å²) in [5, 5.41) is 0. The number of esters is 2. The summed E-state index contributed by atoms with van der Waals surface area (Å²) < 4.78 is 9.76. The SMILES string of the molecule is COC(=O)CC(=O)C1(OC(C)=O)CCCCCC1. The number of rotatable bonds is 4. The summed E-state index contributed by atoms with van der Waals surface area (Å²) in [6.07, 6.45) is 4.39. The highest BCUT2D eigenvalue weighted by atomic mass is 16.6. The monoisotopic (exact) mass is 256 g/mol. The first-order valence-electron chi connectivity index (χ1n) is 6.30. The van der Waals surface area contributed by atoms with Crippen LogP contribution < -0.4 is 0 Å². The number of ether oxygens (including phenoxy) is 2. The molecule has 0 amide bonds. The lowest BCUT2D eigenvalue weighted by Crippen LogP contribution is -2.43. The van der Waals surface area contributed by atoms with E-state index in [0.717, 1.165) is 25.7 Å². The van der Waals surface area contributed by atoms with E-state index in [9.17, 15) is 14.4 Å². The van der Waals surface area contributed by atoms with Gasteiger partial charge >= 0.3 is 11.9 Å². The molecule has 5 nitrogen and oxygen atoms in total. The van der Waals surface area contributed by atoms with Crippen LogP contribution in [-0.2, 0) is 23.9 Å². The Labute approximate surface area is 107 Å². The maximum atomic E-state index is 12.2. The van der Waals surface area contributed by atoms with Crippen molar-refractivity contribution < 1.29 is 23.9 Å². The summed E-state index contributed by atoms with van der Waals surface area (Å²) in [7, 11) is 1.24. The van der Waals surface area contributed by atoms with Crippen molar-refractivity contribution in [3.8, 4) is 0 Å². The molecule has 1 fully saturated rings. The largest absolute Gasteiger partial charge is 0.469 e. The maximum absolute atomic E-state index is 12.2. The van der Waals surface area contributed by atoms with Crippen LogP contribution in [0.5, 0.6) is 0 Å². The third kappa shape index (κ3) is 3.82. The van der Waals surface area contributed by atoms with Crippen molar-refractivity contribution in [2.75, 3.05) is 7.11 Å². The first-order valence-corrected chi connectivity index (χ1v) is 6.30. The summed E-state index contributed by atoms with van der Waals surface area (Å²) in [5.74, 6) is -1.41. The number of ketones is 1. The van der Waals surface area contributed by atoms with Crippen LogP contribution in [0.25, 0.3) is 0 Å². The zero-order valence-corrected chi connectivity index (χ0v) is 11.0. The molecule has 0 atom stereocenters. The Morgan fingerprint density at radius 1 is 1.06 bits per heavy atom. The van der Waals surface area contributed by atoms with Crippen LogP contribution in [0.3, 0.4) is 0 Å². The molecule has 0 radical (unpaired) electrons. The van der Waals surface area contributed by atoms with Crippen LogP contribution in [0.15, 0.2) is 0 Å². The molecule has 0 aromatic rings. The molecular weight excluding hydrogens is 236 g/mol. The fourth-order valence-corrected chi connectivity index (χ4v) is 2.38. The Kier molecular flexibility index (Phi) is 5.31. The van der Waals surface area contributed by atoms with Gasteiger partial charge in [-0.15, -0.1) is 0 Å². The lowest BCUT2D eigenvalue weighted by Gasteiger charge is -2.30. The van der Waals surface area contributed by atoms with Gasteiger partial charge in [0.2, 0.25) is 0 Å². The second kappa shape index (κ2) is 6.52. The van der Waals surface area contributed by atoms with Crippen molar-refractivity contribution >= 4 is 17.7 Å². The van der Waals surface area contributed by atoms with Crippen LogP contribution in [-0.4, -0.2) is 30.4 Å². The van der Waals surface area contributed by atoms with E-state index in [1.807, 2.05) is 0 Å². The molecule has 0 bridgehead atoms. The van der Waals surface area contributed by atoms with Gasteiger partial charge in [-0.1, -0.05) is 12.8 Å². The van der Waals surface area contributed by atoms with E-state index in [2.05, 4.69) is 4.74 Å². The van der Waals surface area contributed by atoms with Crippen LogP contribution in [0.2, 0.25) is 0 Å². The Morgan fingerprint density at radius 3 is 2.06 bits per heavy atom. The molecule has 1 rings (SSSR count). The smallest absolute Gasteiger partial charge is 0.313 e. The predicted molar refractivity (Wildman–Crippen MR) is 63.8 cm³/mol. The maximum Gasteiger partial charge on any atom is 0.313 e. The zero-order valence-electron chi connectivity index (χ0n) is 11.0. The van der Waals surface area contributed by atoms with Gasteiger partial charge in [-0.25, -0.2) is 0 Å². The lowest BCUT2D eigenvalue weighted by atomic mass is 9.87.